The summed E-state index contributed by atoms with van der Waals surface area (Å²) in [6, 6.07) is 6.70. The average molecular weight is 437 g/mol. The molecule has 3 heterocycles. The summed E-state index contributed by atoms with van der Waals surface area (Å²) in [6.45, 7) is 0.931. The molecule has 0 unspecified atom stereocenters. The third kappa shape index (κ3) is 5.62. The van der Waals surface area contributed by atoms with E-state index in [2.05, 4.69) is 15.6 Å². The van der Waals surface area contributed by atoms with E-state index in [1.165, 1.54) is 15.6 Å². The number of amides is 2. The van der Waals surface area contributed by atoms with Crippen molar-refractivity contribution in [1.29, 1.82) is 0 Å². The molecule has 1 saturated heterocycles. The minimum absolute atomic E-state index is 0.186. The molecule has 0 radical (unpaired) electrons. The van der Waals surface area contributed by atoms with Crippen LogP contribution in [0.2, 0.25) is 0 Å². The fourth-order valence-electron chi connectivity index (χ4n) is 3.30. The molecule has 3 rings (SSSR count). The van der Waals surface area contributed by atoms with E-state index in [1.807, 2.05) is 0 Å². The van der Waals surface area contributed by atoms with Crippen molar-refractivity contribution in [2.24, 2.45) is 0 Å². The molecule has 1 atom stereocenters. The van der Waals surface area contributed by atoms with Gasteiger partial charge in [0.1, 0.15) is 4.21 Å². The van der Waals surface area contributed by atoms with Gasteiger partial charge in [-0.1, -0.05) is 18.6 Å². The Morgan fingerprint density at radius 1 is 1.17 bits per heavy atom. The number of hydrogen-bond acceptors (Lipinski definition) is 6. The zero-order valence-electron chi connectivity index (χ0n) is 15.9. The van der Waals surface area contributed by atoms with Gasteiger partial charge in [0.05, 0.1) is 0 Å². The summed E-state index contributed by atoms with van der Waals surface area (Å²) in [6.07, 6.45) is 6.22. The van der Waals surface area contributed by atoms with Crippen molar-refractivity contribution >= 4 is 33.2 Å². The molecule has 0 saturated carbocycles. The third-order valence-electron chi connectivity index (χ3n) is 4.78. The van der Waals surface area contributed by atoms with Crippen LogP contribution in [0.15, 0.2) is 46.2 Å². The Morgan fingerprint density at radius 2 is 2.00 bits per heavy atom. The molecule has 1 fully saturated rings. The Kier molecular flexibility index (Phi) is 7.34. The number of thiophene rings is 1. The Hall–Kier alpha value is -2.30. The molecule has 2 amide bonds. The van der Waals surface area contributed by atoms with Crippen LogP contribution in [-0.4, -0.2) is 48.7 Å². The Morgan fingerprint density at radius 3 is 2.72 bits per heavy atom. The lowest BCUT2D eigenvalue weighted by Crippen LogP contribution is -2.46. The average Bonchev–Trinajstić information content (AvgIpc) is 3.29. The van der Waals surface area contributed by atoms with Gasteiger partial charge >= 0.3 is 11.8 Å². The molecule has 8 nitrogen and oxygen atoms in total. The van der Waals surface area contributed by atoms with Crippen LogP contribution in [0.1, 0.15) is 31.2 Å². The van der Waals surface area contributed by atoms with Crippen LogP contribution in [0.5, 0.6) is 0 Å². The summed E-state index contributed by atoms with van der Waals surface area (Å²) in [7, 11) is -3.52. The van der Waals surface area contributed by atoms with Crippen molar-refractivity contribution in [2.75, 3.05) is 13.1 Å². The number of nitrogens with one attached hydrogen (secondary N) is 2. The predicted molar refractivity (Wildman–Crippen MR) is 110 cm³/mol. The number of pyridine rings is 1. The normalized spacial score (nSPS) is 17.6. The Balaban J connectivity index is 1.49. The quantitative estimate of drug-likeness (QED) is 0.640. The lowest BCUT2D eigenvalue weighted by molar-refractivity contribution is -0.139. The first-order valence-electron chi connectivity index (χ1n) is 9.49. The highest BCUT2D eigenvalue weighted by Gasteiger charge is 2.33. The van der Waals surface area contributed by atoms with Gasteiger partial charge in [-0.3, -0.25) is 14.6 Å². The monoisotopic (exact) mass is 436 g/mol. The first-order chi connectivity index (χ1) is 14.0. The number of nitrogens with zero attached hydrogens (tertiary/aromatic N) is 2. The van der Waals surface area contributed by atoms with E-state index in [0.717, 1.165) is 24.8 Å². The van der Waals surface area contributed by atoms with Crippen molar-refractivity contribution in [3.8, 4) is 0 Å². The molecule has 1 aliphatic rings. The van der Waals surface area contributed by atoms with Gasteiger partial charge in [0.2, 0.25) is 0 Å². The molecule has 29 heavy (non-hydrogen) atoms. The van der Waals surface area contributed by atoms with E-state index in [4.69, 9.17) is 0 Å². The van der Waals surface area contributed by atoms with Gasteiger partial charge in [-0.2, -0.15) is 4.31 Å². The summed E-state index contributed by atoms with van der Waals surface area (Å²) in [5.74, 6) is -1.45. The van der Waals surface area contributed by atoms with E-state index >= 15 is 0 Å². The number of rotatable bonds is 7. The fraction of sp³-hybridized carbons (Fsp3) is 0.421. The van der Waals surface area contributed by atoms with Gasteiger partial charge in [0.15, 0.2) is 0 Å². The van der Waals surface area contributed by atoms with Gasteiger partial charge in [-0.15, -0.1) is 11.3 Å². The molecule has 2 aromatic heterocycles. The van der Waals surface area contributed by atoms with Gasteiger partial charge in [0.25, 0.3) is 10.0 Å². The summed E-state index contributed by atoms with van der Waals surface area (Å²) >= 11 is 1.21. The third-order valence-corrected chi connectivity index (χ3v) is 8.10. The molecule has 2 N–H and O–H groups in total. The predicted octanol–water partition coefficient (Wildman–Crippen LogP) is 1.51. The minimum Gasteiger partial charge on any atom is -0.348 e. The van der Waals surface area contributed by atoms with Crippen LogP contribution < -0.4 is 10.6 Å². The van der Waals surface area contributed by atoms with Crippen molar-refractivity contribution in [3.63, 3.8) is 0 Å². The second-order valence-corrected chi connectivity index (χ2v) is 9.85. The summed E-state index contributed by atoms with van der Waals surface area (Å²) < 4.78 is 27.6. The van der Waals surface area contributed by atoms with Gasteiger partial charge < -0.3 is 10.6 Å². The van der Waals surface area contributed by atoms with E-state index in [9.17, 15) is 18.0 Å². The number of aromatic nitrogens is 1. The maximum Gasteiger partial charge on any atom is 0.309 e. The van der Waals surface area contributed by atoms with Crippen LogP contribution in [0.4, 0.5) is 0 Å². The van der Waals surface area contributed by atoms with Crippen LogP contribution in [0, 0.1) is 0 Å². The molecule has 156 valence electrons. The largest absolute Gasteiger partial charge is 0.348 e. The van der Waals surface area contributed by atoms with E-state index in [-0.39, 0.29) is 19.1 Å². The number of hydrogen-bond donors (Lipinski definition) is 2. The number of piperidine rings is 1. The summed E-state index contributed by atoms with van der Waals surface area (Å²) in [4.78, 5) is 27.9. The summed E-state index contributed by atoms with van der Waals surface area (Å²) in [5, 5.41) is 6.88. The minimum atomic E-state index is -3.52. The van der Waals surface area contributed by atoms with Crippen LogP contribution in [-0.2, 0) is 26.2 Å². The second kappa shape index (κ2) is 9.95. The molecule has 0 aromatic carbocycles. The zero-order chi connectivity index (χ0) is 20.7. The highest BCUT2D eigenvalue weighted by molar-refractivity contribution is 7.91. The number of carbonyl (C=O) groups is 2. The van der Waals surface area contributed by atoms with Crippen molar-refractivity contribution < 1.29 is 18.0 Å². The lowest BCUT2D eigenvalue weighted by Gasteiger charge is -2.34. The van der Waals surface area contributed by atoms with Crippen LogP contribution in [0.25, 0.3) is 0 Å². The maximum atomic E-state index is 12.9. The molecule has 0 spiro atoms. The topological polar surface area (TPSA) is 108 Å². The molecule has 10 heteroatoms. The Labute approximate surface area is 174 Å². The molecule has 2 aromatic rings. The molecule has 0 aliphatic carbocycles. The van der Waals surface area contributed by atoms with Gasteiger partial charge in [-0.25, -0.2) is 8.42 Å². The van der Waals surface area contributed by atoms with Gasteiger partial charge in [-0.05, 0) is 42.3 Å². The van der Waals surface area contributed by atoms with Crippen molar-refractivity contribution in [1.82, 2.24) is 19.9 Å². The summed E-state index contributed by atoms with van der Waals surface area (Å²) in [5.41, 5.74) is 0.797. The van der Waals surface area contributed by atoms with Crippen LogP contribution in [0.3, 0.4) is 0 Å². The zero-order valence-corrected chi connectivity index (χ0v) is 17.5. The van der Waals surface area contributed by atoms with Crippen molar-refractivity contribution in [3.05, 3.63) is 47.6 Å². The first kappa shape index (κ1) is 21.4. The molecule has 0 bridgehead atoms. The second-order valence-electron chi connectivity index (χ2n) is 6.79. The van der Waals surface area contributed by atoms with Gasteiger partial charge in [0, 0.05) is 38.1 Å². The highest BCUT2D eigenvalue weighted by Crippen LogP contribution is 2.28. The number of sulfonamides is 1. The molecular formula is C19H24N4O4S2. The standard InChI is InChI=1S/C19H24N4O4S2/c24-18(19(25)22-14-15-5-3-9-20-13-15)21-10-8-16-6-1-2-11-23(16)29(26,27)17-7-4-12-28-17/h3-5,7,9,12-13,16H,1-2,6,8,10-11,14H2,(H,21,24)(H,22,25)/t16-/m1/s1. The smallest absolute Gasteiger partial charge is 0.309 e. The fourth-order valence-corrected chi connectivity index (χ4v) is 6.15. The SMILES string of the molecule is O=C(NCC[C@H]1CCCCN1S(=O)(=O)c1cccs1)C(=O)NCc1cccnc1. The highest BCUT2D eigenvalue weighted by atomic mass is 32.2. The van der Waals surface area contributed by atoms with Crippen molar-refractivity contribution in [2.45, 2.75) is 42.5 Å². The Bertz CT molecular complexity index is 917. The lowest BCUT2D eigenvalue weighted by atomic mass is 10.0. The van der Waals surface area contributed by atoms with E-state index in [1.54, 1.807) is 42.0 Å². The molecular weight excluding hydrogens is 412 g/mol. The molecule has 1 aliphatic heterocycles. The maximum absolute atomic E-state index is 12.9. The van der Waals surface area contributed by atoms with Crippen LogP contribution >= 0.6 is 11.3 Å². The number of carbonyl (C=O) groups excluding carboxylic acids is 2. The first-order valence-corrected chi connectivity index (χ1v) is 11.8. The van der Waals surface area contributed by atoms with E-state index < -0.39 is 21.8 Å². The van der Waals surface area contributed by atoms with E-state index in [0.29, 0.717) is 17.2 Å².